The molecule has 0 spiro atoms. The molecule has 2 N–H and O–H groups in total. The van der Waals surface area contributed by atoms with Crippen LogP contribution in [0.2, 0.25) is 0 Å². The number of rotatable bonds is 5. The van der Waals surface area contributed by atoms with Crippen molar-refractivity contribution in [2.45, 2.75) is 13.5 Å². The number of carbonyl (C=O) groups is 1. The quantitative estimate of drug-likeness (QED) is 0.890. The van der Waals surface area contributed by atoms with Crippen LogP contribution in [-0.2, 0) is 6.54 Å². The molecule has 2 aromatic rings. The molecule has 0 fully saturated rings. The fraction of sp³-hybridized carbons (Fsp3) is 0.235. The van der Waals surface area contributed by atoms with Crippen molar-refractivity contribution < 1.29 is 14.3 Å². The van der Waals surface area contributed by atoms with Crippen molar-refractivity contribution in [3.8, 4) is 11.5 Å². The first kappa shape index (κ1) is 15.7. The molecule has 0 radical (unpaired) electrons. The standard InChI is InChI=1S/C17H20N2O3/c1-12-7-6-10-15(22-3)16(12)19-17(20)18-11-13-8-4-5-9-14(13)21-2/h4-10H,11H2,1-3H3,(H2,18,19,20). The number of para-hydroxylation sites is 2. The van der Waals surface area contributed by atoms with Crippen molar-refractivity contribution in [1.29, 1.82) is 0 Å². The molecule has 2 rings (SSSR count). The van der Waals surface area contributed by atoms with Gasteiger partial charge in [0.15, 0.2) is 0 Å². The number of anilines is 1. The van der Waals surface area contributed by atoms with Gasteiger partial charge in [-0.25, -0.2) is 4.79 Å². The van der Waals surface area contributed by atoms with Gasteiger partial charge in [-0.2, -0.15) is 0 Å². The second-order valence-electron chi connectivity index (χ2n) is 4.77. The van der Waals surface area contributed by atoms with Crippen LogP contribution in [0.25, 0.3) is 0 Å². The summed E-state index contributed by atoms with van der Waals surface area (Å²) in [7, 11) is 3.18. The number of urea groups is 1. The maximum absolute atomic E-state index is 12.1. The minimum atomic E-state index is -0.293. The lowest BCUT2D eigenvalue weighted by Gasteiger charge is -2.14. The summed E-state index contributed by atoms with van der Waals surface area (Å²) < 4.78 is 10.5. The highest BCUT2D eigenvalue weighted by atomic mass is 16.5. The van der Waals surface area contributed by atoms with Gasteiger partial charge in [0.25, 0.3) is 0 Å². The Morgan fingerprint density at radius 3 is 2.41 bits per heavy atom. The Morgan fingerprint density at radius 2 is 1.68 bits per heavy atom. The summed E-state index contributed by atoms with van der Waals surface area (Å²) in [6.45, 7) is 2.29. The Morgan fingerprint density at radius 1 is 1.00 bits per heavy atom. The highest BCUT2D eigenvalue weighted by molar-refractivity contribution is 5.91. The van der Waals surface area contributed by atoms with Crippen LogP contribution >= 0.6 is 0 Å². The van der Waals surface area contributed by atoms with Crippen molar-refractivity contribution >= 4 is 11.7 Å². The first-order chi connectivity index (χ1) is 10.7. The topological polar surface area (TPSA) is 59.6 Å². The van der Waals surface area contributed by atoms with Crippen molar-refractivity contribution in [1.82, 2.24) is 5.32 Å². The van der Waals surface area contributed by atoms with Gasteiger partial charge in [-0.05, 0) is 24.6 Å². The van der Waals surface area contributed by atoms with Gasteiger partial charge in [-0.1, -0.05) is 30.3 Å². The summed E-state index contributed by atoms with van der Waals surface area (Å²) in [6, 6.07) is 12.9. The van der Waals surface area contributed by atoms with Gasteiger partial charge in [0.05, 0.1) is 19.9 Å². The van der Waals surface area contributed by atoms with E-state index in [0.29, 0.717) is 18.0 Å². The second kappa shape index (κ2) is 7.36. The smallest absolute Gasteiger partial charge is 0.319 e. The first-order valence-electron chi connectivity index (χ1n) is 6.96. The van der Waals surface area contributed by atoms with Crippen LogP contribution in [0, 0.1) is 6.92 Å². The molecule has 0 heterocycles. The lowest BCUT2D eigenvalue weighted by atomic mass is 10.2. The van der Waals surface area contributed by atoms with Crippen molar-refractivity contribution in [2.24, 2.45) is 0 Å². The first-order valence-corrected chi connectivity index (χ1v) is 6.96. The zero-order valence-corrected chi connectivity index (χ0v) is 13.0. The molecule has 5 nitrogen and oxygen atoms in total. The number of amides is 2. The molecule has 0 saturated heterocycles. The average molecular weight is 300 g/mol. The summed E-state index contributed by atoms with van der Waals surface area (Å²) >= 11 is 0. The molecule has 0 atom stereocenters. The zero-order valence-electron chi connectivity index (χ0n) is 13.0. The van der Waals surface area contributed by atoms with E-state index in [1.54, 1.807) is 14.2 Å². The molecule has 2 amide bonds. The fourth-order valence-electron chi connectivity index (χ4n) is 2.15. The van der Waals surface area contributed by atoms with Gasteiger partial charge >= 0.3 is 6.03 Å². The van der Waals surface area contributed by atoms with E-state index >= 15 is 0 Å². The molecule has 0 saturated carbocycles. The number of methoxy groups -OCH3 is 2. The van der Waals surface area contributed by atoms with E-state index in [9.17, 15) is 4.79 Å². The van der Waals surface area contributed by atoms with Crippen molar-refractivity contribution in [3.63, 3.8) is 0 Å². The average Bonchev–Trinajstić information content (AvgIpc) is 2.55. The van der Waals surface area contributed by atoms with E-state index in [1.807, 2.05) is 49.4 Å². The predicted molar refractivity (Wildman–Crippen MR) is 86.6 cm³/mol. The number of hydrogen-bond donors (Lipinski definition) is 2. The maximum Gasteiger partial charge on any atom is 0.319 e. The Labute approximate surface area is 130 Å². The molecule has 0 aliphatic heterocycles. The summed E-state index contributed by atoms with van der Waals surface area (Å²) in [4.78, 5) is 12.1. The highest BCUT2D eigenvalue weighted by Crippen LogP contribution is 2.27. The number of nitrogens with one attached hydrogen (secondary N) is 2. The third kappa shape index (κ3) is 3.69. The lowest BCUT2D eigenvalue weighted by Crippen LogP contribution is -2.28. The molecular formula is C17H20N2O3. The van der Waals surface area contributed by atoms with Crippen LogP contribution in [0.1, 0.15) is 11.1 Å². The summed E-state index contributed by atoms with van der Waals surface area (Å²) in [5.41, 5.74) is 2.52. The molecular weight excluding hydrogens is 280 g/mol. The maximum atomic E-state index is 12.1. The fourth-order valence-corrected chi connectivity index (χ4v) is 2.15. The Bertz CT molecular complexity index is 656. The number of aryl methyl sites for hydroxylation is 1. The van der Waals surface area contributed by atoms with Crippen molar-refractivity contribution in [2.75, 3.05) is 19.5 Å². The van der Waals surface area contributed by atoms with Gasteiger partial charge in [-0.3, -0.25) is 0 Å². The van der Waals surface area contributed by atoms with Gasteiger partial charge in [0.2, 0.25) is 0 Å². The molecule has 22 heavy (non-hydrogen) atoms. The molecule has 116 valence electrons. The molecule has 0 aromatic heterocycles. The van der Waals surface area contributed by atoms with Crippen LogP contribution in [-0.4, -0.2) is 20.3 Å². The normalized spacial score (nSPS) is 9.95. The van der Waals surface area contributed by atoms with Crippen LogP contribution in [0.3, 0.4) is 0 Å². The minimum absolute atomic E-state index is 0.293. The number of carbonyl (C=O) groups excluding carboxylic acids is 1. The summed E-state index contributed by atoms with van der Waals surface area (Å²) in [5.74, 6) is 1.38. The molecule has 0 aliphatic rings. The van der Waals surface area contributed by atoms with E-state index in [0.717, 1.165) is 16.9 Å². The Hall–Kier alpha value is -2.69. The van der Waals surface area contributed by atoms with E-state index in [2.05, 4.69) is 10.6 Å². The summed E-state index contributed by atoms with van der Waals surface area (Å²) in [5, 5.41) is 5.64. The minimum Gasteiger partial charge on any atom is -0.496 e. The Balaban J connectivity index is 2.02. The van der Waals surface area contributed by atoms with Crippen LogP contribution in [0.15, 0.2) is 42.5 Å². The highest BCUT2D eigenvalue weighted by Gasteiger charge is 2.10. The lowest BCUT2D eigenvalue weighted by molar-refractivity contribution is 0.251. The van der Waals surface area contributed by atoms with Crippen LogP contribution in [0.4, 0.5) is 10.5 Å². The number of benzene rings is 2. The SMILES string of the molecule is COc1ccccc1CNC(=O)Nc1c(C)cccc1OC. The molecule has 0 aliphatic carbocycles. The second-order valence-corrected chi connectivity index (χ2v) is 4.77. The van der Waals surface area contributed by atoms with Gasteiger partial charge < -0.3 is 20.1 Å². The molecule has 0 unspecified atom stereocenters. The number of ether oxygens (including phenoxy) is 2. The monoisotopic (exact) mass is 300 g/mol. The largest absolute Gasteiger partial charge is 0.496 e. The van der Waals surface area contributed by atoms with Gasteiger partial charge in [0, 0.05) is 12.1 Å². The van der Waals surface area contributed by atoms with Gasteiger partial charge in [0.1, 0.15) is 11.5 Å². The van der Waals surface area contributed by atoms with Crippen LogP contribution < -0.4 is 20.1 Å². The third-order valence-electron chi connectivity index (χ3n) is 3.32. The van der Waals surface area contributed by atoms with E-state index < -0.39 is 0 Å². The predicted octanol–water partition coefficient (Wildman–Crippen LogP) is 3.33. The summed E-state index contributed by atoms with van der Waals surface area (Å²) in [6.07, 6.45) is 0. The number of hydrogen-bond acceptors (Lipinski definition) is 3. The molecule has 2 aromatic carbocycles. The molecule has 5 heteroatoms. The zero-order chi connectivity index (χ0) is 15.9. The van der Waals surface area contributed by atoms with Crippen molar-refractivity contribution in [3.05, 3.63) is 53.6 Å². The Kier molecular flexibility index (Phi) is 5.25. The van der Waals surface area contributed by atoms with Crippen LogP contribution in [0.5, 0.6) is 11.5 Å². The van der Waals surface area contributed by atoms with E-state index in [1.165, 1.54) is 0 Å². The van der Waals surface area contributed by atoms with Gasteiger partial charge in [-0.15, -0.1) is 0 Å². The molecule has 0 bridgehead atoms. The van der Waals surface area contributed by atoms with E-state index in [-0.39, 0.29) is 6.03 Å². The van der Waals surface area contributed by atoms with E-state index in [4.69, 9.17) is 9.47 Å². The third-order valence-corrected chi connectivity index (χ3v) is 3.32.